The first-order chi connectivity index (χ1) is 17.4. The van der Waals surface area contributed by atoms with Crippen molar-refractivity contribution in [1.29, 1.82) is 0 Å². The molecule has 0 saturated carbocycles. The van der Waals surface area contributed by atoms with E-state index in [-0.39, 0.29) is 12.0 Å². The molecule has 0 aromatic rings. The van der Waals surface area contributed by atoms with Gasteiger partial charge in [0.15, 0.2) is 12.6 Å². The Kier molecular flexibility index (Phi) is 10.2. The van der Waals surface area contributed by atoms with Crippen LogP contribution in [0.25, 0.3) is 0 Å². The fourth-order valence-corrected chi connectivity index (χ4v) is 4.68. The van der Waals surface area contributed by atoms with E-state index in [4.69, 9.17) is 23.7 Å². The van der Waals surface area contributed by atoms with Gasteiger partial charge in [0, 0.05) is 17.4 Å². The molecule has 3 heterocycles. The van der Waals surface area contributed by atoms with E-state index in [0.29, 0.717) is 0 Å². The van der Waals surface area contributed by atoms with Crippen LogP contribution in [0.1, 0.15) is 20.3 Å². The third-order valence-electron chi connectivity index (χ3n) is 7.00. The maximum atomic E-state index is 11.5. The number of ether oxygens (including phenoxy) is 5. The number of aliphatic hydroxyl groups excluding tert-OH is 8. The lowest BCUT2D eigenvalue weighted by Crippen LogP contribution is -2.59. The van der Waals surface area contributed by atoms with Gasteiger partial charge in [-0.05, 0) is 13.3 Å². The van der Waals surface area contributed by atoms with E-state index in [1.54, 1.807) is 6.92 Å². The molecule has 0 bridgehead atoms. The third-order valence-corrected chi connectivity index (χ3v) is 7.00. The first kappa shape index (κ1) is 30.1. The SMILES string of the molecule is CCC1=C(C(=O)O)O[C@@H](OCC2C(O)OC(CO)[C@H](O)C2CO[C@@H]2OC(C)[C@H](O)C(O)C2O)C(O)C1O. The van der Waals surface area contributed by atoms with Gasteiger partial charge in [0.25, 0.3) is 0 Å². The smallest absolute Gasteiger partial charge is 0.371 e. The highest BCUT2D eigenvalue weighted by Gasteiger charge is 2.48. The number of hydrogen-bond donors (Lipinski definition) is 9. The minimum absolute atomic E-state index is 0.0269. The molecule has 2 saturated heterocycles. The zero-order valence-electron chi connectivity index (χ0n) is 20.3. The summed E-state index contributed by atoms with van der Waals surface area (Å²) in [6.07, 6.45) is -15.9. The van der Waals surface area contributed by atoms with Gasteiger partial charge in [0.1, 0.15) is 36.6 Å². The molecule has 9 unspecified atom stereocenters. The van der Waals surface area contributed by atoms with Crippen LogP contribution in [0.2, 0.25) is 0 Å². The maximum Gasteiger partial charge on any atom is 0.371 e. The summed E-state index contributed by atoms with van der Waals surface area (Å²) in [6, 6.07) is 0. The van der Waals surface area contributed by atoms with Crippen molar-refractivity contribution in [2.24, 2.45) is 11.8 Å². The Morgan fingerprint density at radius 2 is 1.46 bits per heavy atom. The molecule has 13 atom stereocenters. The number of carbonyl (C=O) groups is 1. The molecule has 0 aromatic carbocycles. The van der Waals surface area contributed by atoms with Crippen molar-refractivity contribution >= 4 is 5.97 Å². The number of carboxylic acid groups (broad SMARTS) is 1. The van der Waals surface area contributed by atoms with Crippen molar-refractivity contribution in [3.63, 3.8) is 0 Å². The summed E-state index contributed by atoms with van der Waals surface area (Å²) in [5.74, 6) is -4.17. The molecule has 15 heteroatoms. The average Bonchev–Trinajstić information content (AvgIpc) is 2.86. The number of carboxylic acids is 1. The third kappa shape index (κ3) is 6.24. The molecule has 0 aromatic heterocycles. The molecule has 0 amide bonds. The average molecular weight is 541 g/mol. The lowest BCUT2D eigenvalue weighted by atomic mass is 9.83. The fraction of sp³-hybridized carbons (Fsp3) is 0.864. The second kappa shape index (κ2) is 12.6. The van der Waals surface area contributed by atoms with Crippen LogP contribution in [0.4, 0.5) is 0 Å². The minimum Gasteiger partial charge on any atom is -0.475 e. The van der Waals surface area contributed by atoms with Crippen molar-refractivity contribution in [1.82, 2.24) is 0 Å². The van der Waals surface area contributed by atoms with Gasteiger partial charge in [-0.15, -0.1) is 0 Å². The molecule has 37 heavy (non-hydrogen) atoms. The second-order valence-electron chi connectivity index (χ2n) is 9.35. The summed E-state index contributed by atoms with van der Waals surface area (Å²) in [5.41, 5.74) is -0.0269. The Labute approximate surface area is 212 Å². The number of hydrogen-bond acceptors (Lipinski definition) is 14. The van der Waals surface area contributed by atoms with Crippen LogP contribution in [0.5, 0.6) is 0 Å². The molecule has 15 nitrogen and oxygen atoms in total. The molecule has 0 spiro atoms. The molecule has 3 aliphatic rings. The molecular formula is C22H36O15. The van der Waals surface area contributed by atoms with Crippen LogP contribution >= 0.6 is 0 Å². The van der Waals surface area contributed by atoms with E-state index >= 15 is 0 Å². The summed E-state index contributed by atoms with van der Waals surface area (Å²) in [7, 11) is 0. The zero-order chi connectivity index (χ0) is 27.6. The minimum atomic E-state index is -1.66. The van der Waals surface area contributed by atoms with Crippen LogP contribution in [-0.4, -0.2) is 139 Å². The van der Waals surface area contributed by atoms with Crippen LogP contribution in [0.15, 0.2) is 11.3 Å². The lowest BCUT2D eigenvalue weighted by molar-refractivity contribution is -0.315. The van der Waals surface area contributed by atoms with Crippen molar-refractivity contribution in [3.8, 4) is 0 Å². The van der Waals surface area contributed by atoms with E-state index < -0.39 is 111 Å². The largest absolute Gasteiger partial charge is 0.475 e. The van der Waals surface area contributed by atoms with Crippen LogP contribution in [0, 0.1) is 11.8 Å². The quantitative estimate of drug-likeness (QED) is 0.135. The van der Waals surface area contributed by atoms with Gasteiger partial charge in [-0.3, -0.25) is 0 Å². The van der Waals surface area contributed by atoms with E-state index in [2.05, 4.69) is 0 Å². The standard InChI is InChI=1S/C22H36O15/c1-3-8-14(26)16(28)22(37-18(8)19(30)31)34-6-10-9(13(25)11(4-23)36-20(10)32)5-33-21-17(29)15(27)12(24)7(2)35-21/h7,9-17,20-29,32H,3-6H2,1-2H3,(H,30,31)/t7?,9?,10?,11?,12-,13+,14?,15?,16?,17?,20?,21+,22+/m0/s1. The Morgan fingerprint density at radius 3 is 2.05 bits per heavy atom. The Hall–Kier alpha value is -1.47. The van der Waals surface area contributed by atoms with Crippen molar-refractivity contribution in [2.75, 3.05) is 19.8 Å². The van der Waals surface area contributed by atoms with Crippen molar-refractivity contribution in [2.45, 2.75) is 88.0 Å². The summed E-state index contributed by atoms with van der Waals surface area (Å²) in [4.78, 5) is 11.5. The van der Waals surface area contributed by atoms with E-state index in [0.717, 1.165) is 0 Å². The highest BCUT2D eigenvalue weighted by molar-refractivity contribution is 5.85. The fourth-order valence-electron chi connectivity index (χ4n) is 4.68. The molecule has 2 fully saturated rings. The Balaban J connectivity index is 1.73. The maximum absolute atomic E-state index is 11.5. The molecule has 3 rings (SSSR count). The highest BCUT2D eigenvalue weighted by atomic mass is 16.7. The summed E-state index contributed by atoms with van der Waals surface area (Å²) in [5, 5.41) is 91.0. The zero-order valence-corrected chi connectivity index (χ0v) is 20.3. The predicted octanol–water partition coefficient (Wildman–Crippen LogP) is -4.02. The second-order valence-corrected chi connectivity index (χ2v) is 9.35. The molecule has 3 aliphatic heterocycles. The van der Waals surface area contributed by atoms with Gasteiger partial charge in [0.2, 0.25) is 12.0 Å². The molecular weight excluding hydrogens is 504 g/mol. The van der Waals surface area contributed by atoms with E-state index in [1.807, 2.05) is 0 Å². The van der Waals surface area contributed by atoms with Gasteiger partial charge < -0.3 is 69.6 Å². The molecule has 0 radical (unpaired) electrons. The molecule has 9 N–H and O–H groups in total. The summed E-state index contributed by atoms with van der Waals surface area (Å²) in [6.45, 7) is 1.48. The normalized spacial score (nSPS) is 45.0. The van der Waals surface area contributed by atoms with E-state index in [1.165, 1.54) is 6.92 Å². The van der Waals surface area contributed by atoms with Gasteiger partial charge >= 0.3 is 5.97 Å². The van der Waals surface area contributed by atoms with Crippen LogP contribution in [-0.2, 0) is 28.5 Å². The van der Waals surface area contributed by atoms with E-state index in [9.17, 15) is 50.8 Å². The first-order valence-corrected chi connectivity index (χ1v) is 12.0. The first-order valence-electron chi connectivity index (χ1n) is 12.0. The Morgan fingerprint density at radius 1 is 0.838 bits per heavy atom. The van der Waals surface area contributed by atoms with Crippen molar-refractivity contribution in [3.05, 3.63) is 11.3 Å². The van der Waals surface area contributed by atoms with Gasteiger partial charge in [-0.2, -0.15) is 0 Å². The van der Waals surface area contributed by atoms with Crippen molar-refractivity contribution < 1.29 is 74.4 Å². The monoisotopic (exact) mass is 540 g/mol. The van der Waals surface area contributed by atoms with Crippen LogP contribution < -0.4 is 0 Å². The highest BCUT2D eigenvalue weighted by Crippen LogP contribution is 2.34. The van der Waals surface area contributed by atoms with Crippen LogP contribution in [0.3, 0.4) is 0 Å². The number of aliphatic carboxylic acids is 1. The lowest BCUT2D eigenvalue weighted by Gasteiger charge is -2.44. The molecule has 0 aliphatic carbocycles. The predicted molar refractivity (Wildman–Crippen MR) is 117 cm³/mol. The Bertz CT molecular complexity index is 807. The van der Waals surface area contributed by atoms with Gasteiger partial charge in [-0.25, -0.2) is 4.79 Å². The number of rotatable bonds is 9. The van der Waals surface area contributed by atoms with Gasteiger partial charge in [-0.1, -0.05) is 6.92 Å². The molecule has 214 valence electrons. The summed E-state index contributed by atoms with van der Waals surface area (Å²) < 4.78 is 26.9. The topological polar surface area (TPSA) is 245 Å². The summed E-state index contributed by atoms with van der Waals surface area (Å²) >= 11 is 0. The van der Waals surface area contributed by atoms with Gasteiger partial charge in [0.05, 0.1) is 32.0 Å². The number of aliphatic hydroxyl groups is 8.